The topological polar surface area (TPSA) is 37.5 Å². The molecule has 3 saturated carbocycles. The molecule has 3 aliphatic carbocycles. The molecule has 3 aliphatic rings. The summed E-state index contributed by atoms with van der Waals surface area (Å²) in [4.78, 5) is 6.90. The minimum Gasteiger partial charge on any atom is -0.387 e. The van der Waals surface area contributed by atoms with Crippen molar-refractivity contribution in [1.82, 2.24) is 9.38 Å². The summed E-state index contributed by atoms with van der Waals surface area (Å²) in [6.07, 6.45) is 11.5. The molecule has 2 aromatic heterocycles. The SMILES string of the molecule is OC(c1c(C2CC2)sc2cncn12)[C@@H]1C[C@H]2CCC1C2. The monoisotopic (exact) mass is 288 g/mol. The molecule has 0 amide bonds. The number of hydrogen-bond donors (Lipinski definition) is 1. The smallest absolute Gasteiger partial charge is 0.120 e. The highest BCUT2D eigenvalue weighted by molar-refractivity contribution is 7.17. The first kappa shape index (κ1) is 11.8. The van der Waals surface area contributed by atoms with E-state index in [9.17, 15) is 5.11 Å². The minimum absolute atomic E-state index is 0.274. The van der Waals surface area contributed by atoms with E-state index in [0.29, 0.717) is 11.8 Å². The summed E-state index contributed by atoms with van der Waals surface area (Å²) >= 11 is 1.85. The zero-order valence-electron chi connectivity index (χ0n) is 11.5. The van der Waals surface area contributed by atoms with Crippen LogP contribution in [-0.4, -0.2) is 14.5 Å². The predicted molar refractivity (Wildman–Crippen MR) is 78.9 cm³/mol. The Hall–Kier alpha value is -0.870. The molecule has 0 saturated heterocycles. The normalized spacial score (nSPS) is 34.1. The Balaban J connectivity index is 1.58. The molecule has 0 spiro atoms. The van der Waals surface area contributed by atoms with Crippen LogP contribution < -0.4 is 0 Å². The third-order valence-electron chi connectivity index (χ3n) is 5.76. The lowest BCUT2D eigenvalue weighted by Crippen LogP contribution is -2.21. The van der Waals surface area contributed by atoms with Crippen LogP contribution >= 0.6 is 11.3 Å². The average Bonchev–Trinajstić information content (AvgIpc) is 2.87. The van der Waals surface area contributed by atoms with Crippen molar-refractivity contribution in [3.8, 4) is 0 Å². The van der Waals surface area contributed by atoms with E-state index in [4.69, 9.17) is 0 Å². The van der Waals surface area contributed by atoms with Crippen molar-refractivity contribution in [2.24, 2.45) is 17.8 Å². The Morgan fingerprint density at radius 2 is 2.15 bits per heavy atom. The molecule has 4 atom stereocenters. The molecular formula is C16H20N2OS. The number of nitrogens with zero attached hydrogens (tertiary/aromatic N) is 2. The van der Waals surface area contributed by atoms with E-state index < -0.39 is 0 Å². The van der Waals surface area contributed by atoms with Crippen LogP contribution in [0, 0.1) is 17.8 Å². The first-order valence-electron chi connectivity index (χ1n) is 7.94. The van der Waals surface area contributed by atoms with Gasteiger partial charge in [-0.2, -0.15) is 0 Å². The Morgan fingerprint density at radius 1 is 1.25 bits per heavy atom. The standard InChI is InChI=1S/C16H20N2OS/c19-15(12-6-9-1-2-11(12)5-9)14-16(10-3-4-10)20-13-7-17-8-18(13)14/h7-12,15,19H,1-6H2/t9-,11?,12+,15?/m0/s1. The molecule has 0 aliphatic heterocycles. The van der Waals surface area contributed by atoms with Gasteiger partial charge in [-0.05, 0) is 55.8 Å². The fourth-order valence-corrected chi connectivity index (χ4v) is 5.94. The van der Waals surface area contributed by atoms with Gasteiger partial charge in [0.05, 0.1) is 18.0 Å². The predicted octanol–water partition coefficient (Wildman–Crippen LogP) is 3.74. The highest BCUT2D eigenvalue weighted by Crippen LogP contribution is 2.55. The maximum atomic E-state index is 11.1. The first-order chi connectivity index (χ1) is 9.81. The van der Waals surface area contributed by atoms with Gasteiger partial charge in [0.25, 0.3) is 0 Å². The summed E-state index contributed by atoms with van der Waals surface area (Å²) in [6, 6.07) is 0. The van der Waals surface area contributed by atoms with Gasteiger partial charge in [0, 0.05) is 4.88 Å². The summed E-state index contributed by atoms with van der Waals surface area (Å²) in [6.45, 7) is 0. The van der Waals surface area contributed by atoms with E-state index in [1.165, 1.54) is 53.9 Å². The molecule has 20 heavy (non-hydrogen) atoms. The number of fused-ring (bicyclic) bond motifs is 3. The number of aliphatic hydroxyl groups is 1. The number of imidazole rings is 1. The van der Waals surface area contributed by atoms with E-state index in [0.717, 1.165) is 11.8 Å². The van der Waals surface area contributed by atoms with Crippen LogP contribution in [0.5, 0.6) is 0 Å². The molecule has 4 heteroatoms. The minimum atomic E-state index is -0.274. The van der Waals surface area contributed by atoms with Crippen molar-refractivity contribution in [3.05, 3.63) is 23.1 Å². The largest absolute Gasteiger partial charge is 0.387 e. The van der Waals surface area contributed by atoms with Gasteiger partial charge < -0.3 is 5.11 Å². The summed E-state index contributed by atoms with van der Waals surface area (Å²) < 4.78 is 2.16. The Bertz CT molecular complexity index is 657. The molecule has 2 aromatic rings. The van der Waals surface area contributed by atoms with Crippen LogP contribution in [0.4, 0.5) is 0 Å². The van der Waals surface area contributed by atoms with Crippen LogP contribution in [0.3, 0.4) is 0 Å². The van der Waals surface area contributed by atoms with Gasteiger partial charge in [0.1, 0.15) is 11.2 Å². The lowest BCUT2D eigenvalue weighted by atomic mass is 9.83. The van der Waals surface area contributed by atoms with Crippen LogP contribution in [0.1, 0.15) is 61.1 Å². The Labute approximate surface area is 122 Å². The van der Waals surface area contributed by atoms with Gasteiger partial charge in [-0.1, -0.05) is 6.42 Å². The van der Waals surface area contributed by atoms with Gasteiger partial charge in [0.15, 0.2) is 0 Å². The fraction of sp³-hybridized carbons (Fsp3) is 0.688. The van der Waals surface area contributed by atoms with E-state index >= 15 is 0 Å². The van der Waals surface area contributed by atoms with Gasteiger partial charge >= 0.3 is 0 Å². The van der Waals surface area contributed by atoms with Crippen LogP contribution in [0.2, 0.25) is 0 Å². The van der Waals surface area contributed by atoms with Gasteiger partial charge in [-0.15, -0.1) is 11.3 Å². The van der Waals surface area contributed by atoms with Crippen molar-refractivity contribution >= 4 is 16.2 Å². The van der Waals surface area contributed by atoms with Crippen molar-refractivity contribution in [1.29, 1.82) is 0 Å². The third kappa shape index (κ3) is 1.58. The van der Waals surface area contributed by atoms with Gasteiger partial charge in [0.2, 0.25) is 0 Å². The number of thiazole rings is 1. The van der Waals surface area contributed by atoms with E-state index in [1.54, 1.807) is 0 Å². The molecule has 0 aromatic carbocycles. The molecule has 1 N–H and O–H groups in total. The van der Waals surface area contributed by atoms with Crippen LogP contribution in [0.25, 0.3) is 4.83 Å². The molecule has 3 fully saturated rings. The second-order valence-electron chi connectivity index (χ2n) is 7.01. The van der Waals surface area contributed by atoms with E-state index in [2.05, 4.69) is 9.38 Å². The maximum absolute atomic E-state index is 11.1. The van der Waals surface area contributed by atoms with Crippen molar-refractivity contribution in [2.45, 2.75) is 50.5 Å². The van der Waals surface area contributed by atoms with Gasteiger partial charge in [-0.25, -0.2) is 4.98 Å². The first-order valence-corrected chi connectivity index (χ1v) is 8.75. The molecular weight excluding hydrogens is 268 g/mol. The molecule has 106 valence electrons. The number of aliphatic hydroxyl groups excluding tert-OH is 1. The molecule has 2 heterocycles. The van der Waals surface area contributed by atoms with Crippen LogP contribution in [0.15, 0.2) is 12.5 Å². The lowest BCUT2D eigenvalue weighted by Gasteiger charge is -2.27. The maximum Gasteiger partial charge on any atom is 0.120 e. The quantitative estimate of drug-likeness (QED) is 0.934. The molecule has 2 unspecified atom stereocenters. The number of aromatic nitrogens is 2. The number of rotatable bonds is 3. The van der Waals surface area contributed by atoms with Crippen molar-refractivity contribution < 1.29 is 5.11 Å². The summed E-state index contributed by atoms with van der Waals surface area (Å²) in [7, 11) is 0. The number of hydrogen-bond acceptors (Lipinski definition) is 3. The fourth-order valence-electron chi connectivity index (χ4n) is 4.63. The lowest BCUT2D eigenvalue weighted by molar-refractivity contribution is 0.0697. The van der Waals surface area contributed by atoms with Crippen LogP contribution in [-0.2, 0) is 0 Å². The zero-order chi connectivity index (χ0) is 13.3. The summed E-state index contributed by atoms with van der Waals surface area (Å²) in [5.41, 5.74) is 1.18. The van der Waals surface area contributed by atoms with Crippen molar-refractivity contribution in [2.75, 3.05) is 0 Å². The second kappa shape index (κ2) is 4.08. The zero-order valence-corrected chi connectivity index (χ0v) is 12.4. The molecule has 2 bridgehead atoms. The van der Waals surface area contributed by atoms with Crippen molar-refractivity contribution in [3.63, 3.8) is 0 Å². The van der Waals surface area contributed by atoms with Gasteiger partial charge in [-0.3, -0.25) is 4.40 Å². The average molecular weight is 288 g/mol. The second-order valence-corrected chi connectivity index (χ2v) is 8.07. The molecule has 0 radical (unpaired) electrons. The van der Waals surface area contributed by atoms with E-state index in [1.807, 2.05) is 23.9 Å². The highest BCUT2D eigenvalue weighted by Gasteiger charge is 2.45. The summed E-state index contributed by atoms with van der Waals surface area (Å²) in [5.74, 6) is 2.86. The van der Waals surface area contributed by atoms with E-state index in [-0.39, 0.29) is 6.10 Å². The highest BCUT2D eigenvalue weighted by atomic mass is 32.1. The molecule has 5 rings (SSSR count). The Morgan fingerprint density at radius 3 is 2.85 bits per heavy atom. The third-order valence-corrected chi connectivity index (χ3v) is 7.03. The summed E-state index contributed by atoms with van der Waals surface area (Å²) in [5, 5.41) is 11.1. The Kier molecular flexibility index (Phi) is 2.40. The molecule has 3 nitrogen and oxygen atoms in total.